The summed E-state index contributed by atoms with van der Waals surface area (Å²) in [6.07, 6.45) is 17.3. The highest BCUT2D eigenvalue weighted by molar-refractivity contribution is 5.90. The Labute approximate surface area is 231 Å². The molecule has 0 saturated heterocycles. The van der Waals surface area contributed by atoms with E-state index < -0.39 is 36.4 Å². The minimum atomic E-state index is -2.18. The van der Waals surface area contributed by atoms with Crippen molar-refractivity contribution >= 4 is 17.9 Å². The number of rotatable bonds is 27. The van der Waals surface area contributed by atoms with Gasteiger partial charge in [-0.05, 0) is 19.3 Å². The molecule has 0 aromatic carbocycles. The van der Waals surface area contributed by atoms with Crippen LogP contribution in [0.3, 0.4) is 0 Å². The molecule has 0 atom stereocenters. The summed E-state index contributed by atoms with van der Waals surface area (Å²) in [6.45, 7) is 6.99. The largest absolute Gasteiger partial charge is 0.466 e. The van der Waals surface area contributed by atoms with Crippen LogP contribution in [0.4, 0.5) is 0 Å². The Bertz CT molecular complexity index is 561. The Morgan fingerprint density at radius 2 is 0.816 bits per heavy atom. The average Bonchev–Trinajstić information content (AvgIpc) is 2.91. The van der Waals surface area contributed by atoms with Crippen LogP contribution in [0.2, 0.25) is 0 Å². The van der Waals surface area contributed by atoms with Crippen LogP contribution in [0.5, 0.6) is 0 Å². The summed E-state index contributed by atoms with van der Waals surface area (Å²) < 4.78 is 15.9. The first kappa shape index (κ1) is 36.3. The van der Waals surface area contributed by atoms with Crippen molar-refractivity contribution in [1.29, 1.82) is 0 Å². The molecular weight excluding hydrogens is 488 g/mol. The smallest absolute Gasteiger partial charge is 0.343 e. The molecule has 8 nitrogen and oxygen atoms in total. The van der Waals surface area contributed by atoms with Crippen LogP contribution in [0.15, 0.2) is 0 Å². The van der Waals surface area contributed by atoms with E-state index in [0.717, 1.165) is 77.0 Å². The molecule has 1 N–H and O–H groups in total. The summed E-state index contributed by atoms with van der Waals surface area (Å²) in [6, 6.07) is 0. The van der Waals surface area contributed by atoms with E-state index in [1.807, 2.05) is 0 Å². The summed E-state index contributed by atoms with van der Waals surface area (Å²) in [4.78, 5) is 42.5. The van der Waals surface area contributed by atoms with E-state index in [-0.39, 0.29) is 19.8 Å². The molecule has 0 aromatic rings. The van der Waals surface area contributed by atoms with Crippen LogP contribution in [-0.2, 0) is 33.5 Å². The monoisotopic (exact) mass is 544 g/mol. The topological polar surface area (TPSA) is 108 Å². The van der Waals surface area contributed by atoms with Crippen LogP contribution in [0.25, 0.3) is 0 Å². The van der Waals surface area contributed by atoms with Crippen molar-refractivity contribution in [2.24, 2.45) is 0 Å². The first-order chi connectivity index (χ1) is 18.5. The first-order valence-corrected chi connectivity index (χ1v) is 15.3. The van der Waals surface area contributed by atoms with E-state index in [4.69, 9.17) is 14.2 Å². The van der Waals surface area contributed by atoms with E-state index in [0.29, 0.717) is 19.3 Å². The van der Waals surface area contributed by atoms with Gasteiger partial charge in [0.05, 0.1) is 32.7 Å². The first-order valence-electron chi connectivity index (χ1n) is 15.3. The molecule has 0 fully saturated rings. The molecule has 0 rings (SSSR count). The maximum Gasteiger partial charge on any atom is 0.343 e. The Hall–Kier alpha value is -1.67. The van der Waals surface area contributed by atoms with Crippen molar-refractivity contribution in [3.05, 3.63) is 0 Å². The van der Waals surface area contributed by atoms with Gasteiger partial charge in [-0.2, -0.15) is 0 Å². The van der Waals surface area contributed by atoms with Crippen LogP contribution < -0.4 is 0 Å². The van der Waals surface area contributed by atoms with Crippen LogP contribution >= 0.6 is 0 Å². The highest BCUT2D eigenvalue weighted by Crippen LogP contribution is 2.25. The van der Waals surface area contributed by atoms with E-state index in [1.165, 1.54) is 19.3 Å². The molecule has 224 valence electrons. The van der Waals surface area contributed by atoms with Crippen LogP contribution in [0.1, 0.15) is 149 Å². The molecule has 0 bridgehead atoms. The number of carbonyl (C=O) groups excluding carboxylic acids is 3. The van der Waals surface area contributed by atoms with Gasteiger partial charge in [0.15, 0.2) is 0 Å². The molecule has 0 aromatic heterocycles. The minimum Gasteiger partial charge on any atom is -0.466 e. The summed E-state index contributed by atoms with van der Waals surface area (Å²) >= 11 is 0. The number of ether oxygens (including phenoxy) is 3. The molecule has 38 heavy (non-hydrogen) atoms. The van der Waals surface area contributed by atoms with Gasteiger partial charge in [-0.25, -0.2) is 9.68 Å². The predicted octanol–water partition coefficient (Wildman–Crippen LogP) is 7.71. The molecule has 8 heteroatoms. The Morgan fingerprint density at radius 3 is 1.16 bits per heavy atom. The van der Waals surface area contributed by atoms with Gasteiger partial charge < -0.3 is 14.2 Å². The summed E-state index contributed by atoms with van der Waals surface area (Å²) in [5, 5.41) is 9.71. The van der Waals surface area contributed by atoms with Crippen molar-refractivity contribution < 1.29 is 38.7 Å². The van der Waals surface area contributed by atoms with E-state index in [9.17, 15) is 19.6 Å². The fourth-order valence-corrected chi connectivity index (χ4v) is 4.19. The van der Waals surface area contributed by atoms with Gasteiger partial charge in [-0.1, -0.05) is 117 Å². The van der Waals surface area contributed by atoms with Crippen molar-refractivity contribution in [2.75, 3.05) is 19.8 Å². The van der Waals surface area contributed by atoms with E-state index in [1.54, 1.807) is 0 Å². The minimum absolute atomic E-state index is 0.121. The fourth-order valence-electron chi connectivity index (χ4n) is 4.19. The zero-order valence-corrected chi connectivity index (χ0v) is 24.6. The van der Waals surface area contributed by atoms with Gasteiger partial charge in [0, 0.05) is 0 Å². The molecule has 0 saturated carbocycles. The highest BCUT2D eigenvalue weighted by atomic mass is 17.1. The fraction of sp³-hybridized carbons (Fsp3) is 0.900. The highest BCUT2D eigenvalue weighted by Gasteiger charge is 2.47. The lowest BCUT2D eigenvalue weighted by molar-refractivity contribution is -0.320. The Kier molecular flexibility index (Phi) is 24.5. The summed E-state index contributed by atoms with van der Waals surface area (Å²) in [5.41, 5.74) is -2.18. The Morgan fingerprint density at radius 1 is 0.500 bits per heavy atom. The van der Waals surface area contributed by atoms with Gasteiger partial charge in [0.25, 0.3) is 0 Å². The predicted molar refractivity (Wildman–Crippen MR) is 149 cm³/mol. The second kappa shape index (κ2) is 25.6. The van der Waals surface area contributed by atoms with E-state index >= 15 is 0 Å². The quantitative estimate of drug-likeness (QED) is 0.0368. The molecule has 0 radical (unpaired) electrons. The number of unbranched alkanes of at least 4 members (excludes halogenated alkanes) is 15. The number of hydrogen-bond acceptors (Lipinski definition) is 8. The second-order valence-electron chi connectivity index (χ2n) is 10.3. The lowest BCUT2D eigenvalue weighted by Gasteiger charge is -2.26. The van der Waals surface area contributed by atoms with E-state index in [2.05, 4.69) is 25.7 Å². The SMILES string of the molecule is CCCCCCCCOC(=O)CC(CC(=O)OCCCCCCCC)(OO)C(=O)OCCCCCCCC. The third kappa shape index (κ3) is 19.4. The molecular formula is C30H56O8. The average molecular weight is 545 g/mol. The van der Waals surface area contributed by atoms with Crippen LogP contribution in [-0.4, -0.2) is 48.6 Å². The van der Waals surface area contributed by atoms with Gasteiger partial charge in [-0.15, -0.1) is 0 Å². The molecule has 0 heterocycles. The number of esters is 3. The molecule has 0 aliphatic rings. The van der Waals surface area contributed by atoms with Crippen molar-refractivity contribution in [3.63, 3.8) is 0 Å². The summed E-state index contributed by atoms with van der Waals surface area (Å²) in [5.74, 6) is -2.41. The van der Waals surface area contributed by atoms with Gasteiger partial charge in [0.2, 0.25) is 5.60 Å². The lowest BCUT2D eigenvalue weighted by atomic mass is 9.95. The Balaban J connectivity index is 4.83. The van der Waals surface area contributed by atoms with Gasteiger partial charge >= 0.3 is 17.9 Å². The molecule has 0 unspecified atom stereocenters. The summed E-state index contributed by atoms with van der Waals surface area (Å²) in [7, 11) is 0. The van der Waals surface area contributed by atoms with Crippen molar-refractivity contribution in [2.45, 2.75) is 155 Å². The van der Waals surface area contributed by atoms with Crippen molar-refractivity contribution in [1.82, 2.24) is 0 Å². The molecule has 0 aliphatic heterocycles. The maximum absolute atomic E-state index is 12.9. The maximum atomic E-state index is 12.9. The third-order valence-corrected chi connectivity index (χ3v) is 6.66. The van der Waals surface area contributed by atoms with Crippen LogP contribution in [0, 0.1) is 0 Å². The molecule has 0 aliphatic carbocycles. The number of hydrogen-bond donors (Lipinski definition) is 1. The number of carbonyl (C=O) groups is 3. The van der Waals surface area contributed by atoms with Gasteiger partial charge in [-0.3, -0.25) is 14.8 Å². The molecule has 0 amide bonds. The lowest BCUT2D eigenvalue weighted by Crippen LogP contribution is -2.47. The molecule has 0 spiro atoms. The zero-order valence-electron chi connectivity index (χ0n) is 24.6. The van der Waals surface area contributed by atoms with Crippen molar-refractivity contribution in [3.8, 4) is 0 Å². The zero-order chi connectivity index (χ0) is 28.3. The second-order valence-corrected chi connectivity index (χ2v) is 10.3. The standard InChI is InChI=1S/C30H56O8/c1-4-7-10-13-16-19-22-35-27(31)25-30(38-34,29(33)37-24-21-18-15-12-9-6-3)26-28(32)36-23-20-17-14-11-8-5-2/h34H,4-26H2,1-3H3. The normalized spacial score (nSPS) is 11.4. The third-order valence-electron chi connectivity index (χ3n) is 6.66. The van der Waals surface area contributed by atoms with Gasteiger partial charge in [0.1, 0.15) is 0 Å².